The summed E-state index contributed by atoms with van der Waals surface area (Å²) in [5.74, 6) is 0.749. The van der Waals surface area contributed by atoms with Gasteiger partial charge in [-0.05, 0) is 57.3 Å². The van der Waals surface area contributed by atoms with Crippen LogP contribution in [0.2, 0.25) is 0 Å². The molecular formula is C31H29N. The quantitative estimate of drug-likeness (QED) is 0.267. The van der Waals surface area contributed by atoms with Crippen LogP contribution in [0.5, 0.6) is 0 Å². The number of nitrogens with zero attached hydrogens (tertiary/aromatic N) is 1. The number of fused-ring (bicyclic) bond motifs is 2. The van der Waals surface area contributed by atoms with Gasteiger partial charge < -0.3 is 0 Å². The molecule has 0 saturated carbocycles. The first-order chi connectivity index (χ1) is 15.6. The molecule has 1 nitrogen and oxygen atoms in total. The van der Waals surface area contributed by atoms with Crippen LogP contribution in [0.4, 0.5) is 0 Å². The van der Waals surface area contributed by atoms with Crippen LogP contribution in [0.25, 0.3) is 44.1 Å². The highest BCUT2D eigenvalue weighted by Crippen LogP contribution is 2.47. The average Bonchev–Trinajstić information content (AvgIpc) is 2.82. The van der Waals surface area contributed by atoms with Gasteiger partial charge in [0.2, 0.25) is 0 Å². The van der Waals surface area contributed by atoms with Gasteiger partial charge in [-0.3, -0.25) is 0 Å². The standard InChI is InChI=1S/C31H29N/c1-20(2)27-28(21(3)4)31-25(19-24-17-11-12-18-26(24)32-31)29(22-13-7-5-8-14-22)30(27)23-15-9-6-10-16-23/h5-21H,1-4H3. The molecule has 0 aliphatic carbocycles. The molecule has 0 unspecified atom stereocenters. The summed E-state index contributed by atoms with van der Waals surface area (Å²) in [6, 6.07) is 32.5. The number of hydrogen-bond donors (Lipinski definition) is 0. The number of aromatic nitrogens is 1. The van der Waals surface area contributed by atoms with Crippen molar-refractivity contribution in [2.24, 2.45) is 0 Å². The fourth-order valence-electron chi connectivity index (χ4n) is 5.04. The van der Waals surface area contributed by atoms with E-state index in [1.54, 1.807) is 0 Å². The third-order valence-electron chi connectivity index (χ3n) is 6.34. The van der Waals surface area contributed by atoms with Crippen molar-refractivity contribution in [1.29, 1.82) is 0 Å². The van der Waals surface area contributed by atoms with Gasteiger partial charge in [0, 0.05) is 10.8 Å². The second-order valence-electron chi connectivity index (χ2n) is 9.20. The summed E-state index contributed by atoms with van der Waals surface area (Å²) in [5, 5.41) is 2.42. The van der Waals surface area contributed by atoms with E-state index in [9.17, 15) is 0 Å². The summed E-state index contributed by atoms with van der Waals surface area (Å²) in [5.41, 5.74) is 10.1. The van der Waals surface area contributed by atoms with Crippen LogP contribution in [0, 0.1) is 0 Å². The highest BCUT2D eigenvalue weighted by Gasteiger charge is 2.25. The Bertz CT molecular complexity index is 1400. The third-order valence-corrected chi connectivity index (χ3v) is 6.34. The number of para-hydroxylation sites is 1. The topological polar surface area (TPSA) is 12.9 Å². The lowest BCUT2D eigenvalue weighted by Gasteiger charge is -2.27. The van der Waals surface area contributed by atoms with Crippen molar-refractivity contribution in [3.63, 3.8) is 0 Å². The molecule has 1 heterocycles. The van der Waals surface area contributed by atoms with Gasteiger partial charge in [-0.25, -0.2) is 4.98 Å². The normalized spacial score (nSPS) is 11.7. The van der Waals surface area contributed by atoms with Crippen molar-refractivity contribution in [1.82, 2.24) is 4.98 Å². The Balaban J connectivity index is 2.08. The molecule has 0 aliphatic heterocycles. The van der Waals surface area contributed by atoms with Gasteiger partial charge in [-0.2, -0.15) is 0 Å². The van der Waals surface area contributed by atoms with E-state index in [-0.39, 0.29) is 0 Å². The lowest BCUT2D eigenvalue weighted by Crippen LogP contribution is -2.07. The van der Waals surface area contributed by atoms with Gasteiger partial charge in [0.1, 0.15) is 0 Å². The Morgan fingerprint density at radius 3 is 1.69 bits per heavy atom. The Kier molecular flexibility index (Phi) is 5.27. The van der Waals surface area contributed by atoms with E-state index < -0.39 is 0 Å². The summed E-state index contributed by atoms with van der Waals surface area (Å²) >= 11 is 0. The molecule has 0 atom stereocenters. The molecule has 0 radical (unpaired) electrons. The van der Waals surface area contributed by atoms with E-state index in [1.807, 2.05) is 0 Å². The Hall–Kier alpha value is -3.45. The average molecular weight is 416 g/mol. The van der Waals surface area contributed by atoms with Crippen LogP contribution < -0.4 is 0 Å². The van der Waals surface area contributed by atoms with E-state index in [2.05, 4.69) is 119 Å². The van der Waals surface area contributed by atoms with Crippen LogP contribution in [-0.2, 0) is 0 Å². The molecule has 0 saturated heterocycles. The minimum atomic E-state index is 0.371. The fourth-order valence-corrected chi connectivity index (χ4v) is 5.04. The van der Waals surface area contributed by atoms with Crippen molar-refractivity contribution in [2.75, 3.05) is 0 Å². The van der Waals surface area contributed by atoms with Crippen LogP contribution in [0.15, 0.2) is 91.0 Å². The van der Waals surface area contributed by atoms with Crippen molar-refractivity contribution < 1.29 is 0 Å². The Morgan fingerprint density at radius 1 is 0.562 bits per heavy atom. The molecule has 1 aromatic heterocycles. The Morgan fingerprint density at radius 2 is 1.09 bits per heavy atom. The summed E-state index contributed by atoms with van der Waals surface area (Å²) in [6.45, 7) is 9.23. The maximum absolute atomic E-state index is 5.26. The predicted octanol–water partition coefficient (Wildman–Crippen LogP) is 8.97. The number of pyridine rings is 1. The molecule has 158 valence electrons. The van der Waals surface area contributed by atoms with Crippen molar-refractivity contribution >= 4 is 21.8 Å². The second-order valence-corrected chi connectivity index (χ2v) is 9.20. The predicted molar refractivity (Wildman–Crippen MR) is 138 cm³/mol. The van der Waals surface area contributed by atoms with Gasteiger partial charge in [0.25, 0.3) is 0 Å². The number of benzene rings is 4. The van der Waals surface area contributed by atoms with Crippen LogP contribution in [0.1, 0.15) is 50.7 Å². The van der Waals surface area contributed by atoms with E-state index in [1.165, 1.54) is 44.2 Å². The monoisotopic (exact) mass is 415 g/mol. The second kappa shape index (κ2) is 8.24. The first-order valence-electron chi connectivity index (χ1n) is 11.6. The number of hydrogen-bond acceptors (Lipinski definition) is 1. The highest BCUT2D eigenvalue weighted by atomic mass is 14.7. The van der Waals surface area contributed by atoms with Crippen LogP contribution in [0.3, 0.4) is 0 Å². The highest BCUT2D eigenvalue weighted by molar-refractivity contribution is 6.09. The minimum absolute atomic E-state index is 0.371. The van der Waals surface area contributed by atoms with Gasteiger partial charge in [0.05, 0.1) is 11.0 Å². The smallest absolute Gasteiger partial charge is 0.0753 e. The zero-order chi connectivity index (χ0) is 22.2. The van der Waals surface area contributed by atoms with Gasteiger partial charge in [0.15, 0.2) is 0 Å². The zero-order valence-electron chi connectivity index (χ0n) is 19.3. The maximum atomic E-state index is 5.26. The molecule has 0 fully saturated rings. The maximum Gasteiger partial charge on any atom is 0.0753 e. The summed E-state index contributed by atoms with van der Waals surface area (Å²) in [6.07, 6.45) is 0. The molecular weight excluding hydrogens is 386 g/mol. The zero-order valence-corrected chi connectivity index (χ0v) is 19.3. The molecule has 0 N–H and O–H groups in total. The first kappa shape index (κ1) is 20.5. The molecule has 5 rings (SSSR count). The fraction of sp³-hybridized carbons (Fsp3) is 0.194. The SMILES string of the molecule is CC(C)c1c(-c2ccccc2)c(-c2ccccc2)c2cc3ccccc3nc2c1C(C)C. The van der Waals surface area contributed by atoms with Crippen molar-refractivity contribution in [3.05, 3.63) is 102 Å². The summed E-state index contributed by atoms with van der Waals surface area (Å²) < 4.78 is 0. The van der Waals surface area contributed by atoms with Gasteiger partial charge in [-0.1, -0.05) is 107 Å². The van der Waals surface area contributed by atoms with E-state index in [0.29, 0.717) is 11.8 Å². The molecule has 0 bridgehead atoms. The van der Waals surface area contributed by atoms with Gasteiger partial charge >= 0.3 is 0 Å². The van der Waals surface area contributed by atoms with Crippen molar-refractivity contribution in [3.8, 4) is 22.3 Å². The molecule has 4 aromatic carbocycles. The lowest BCUT2D eigenvalue weighted by molar-refractivity contribution is 0.798. The summed E-state index contributed by atoms with van der Waals surface area (Å²) in [7, 11) is 0. The van der Waals surface area contributed by atoms with E-state index in [0.717, 1.165) is 11.0 Å². The molecule has 5 aromatic rings. The number of rotatable bonds is 4. The first-order valence-corrected chi connectivity index (χ1v) is 11.6. The van der Waals surface area contributed by atoms with Crippen LogP contribution >= 0.6 is 0 Å². The largest absolute Gasteiger partial charge is 0.247 e. The van der Waals surface area contributed by atoms with E-state index in [4.69, 9.17) is 4.98 Å². The molecule has 0 spiro atoms. The van der Waals surface area contributed by atoms with E-state index >= 15 is 0 Å². The molecule has 32 heavy (non-hydrogen) atoms. The lowest BCUT2D eigenvalue weighted by atomic mass is 9.78. The van der Waals surface area contributed by atoms with Gasteiger partial charge in [-0.15, -0.1) is 0 Å². The minimum Gasteiger partial charge on any atom is -0.247 e. The summed E-state index contributed by atoms with van der Waals surface area (Å²) in [4.78, 5) is 5.26. The molecule has 0 aliphatic rings. The Labute approximate surface area is 190 Å². The van der Waals surface area contributed by atoms with Crippen molar-refractivity contribution in [2.45, 2.75) is 39.5 Å². The third kappa shape index (κ3) is 3.39. The molecule has 0 amide bonds. The molecule has 1 heteroatoms. The van der Waals surface area contributed by atoms with Crippen LogP contribution in [-0.4, -0.2) is 4.98 Å².